The lowest BCUT2D eigenvalue weighted by atomic mass is 10.0. The molecule has 0 radical (unpaired) electrons. The predicted octanol–water partition coefficient (Wildman–Crippen LogP) is 3.12. The summed E-state index contributed by atoms with van der Waals surface area (Å²) in [6, 6.07) is 8.12. The molecule has 0 aromatic carbocycles. The number of rotatable bonds is 6. The van der Waals surface area contributed by atoms with Crippen LogP contribution in [-0.2, 0) is 4.79 Å². The third kappa shape index (κ3) is 3.97. The van der Waals surface area contributed by atoms with Crippen LogP contribution >= 0.6 is 11.3 Å². The molecule has 3 heterocycles. The minimum Gasteiger partial charge on any atom is -0.459 e. The number of aromatic amines is 1. The largest absolute Gasteiger partial charge is 0.459 e. The first-order valence-electron chi connectivity index (χ1n) is 7.79. The summed E-state index contributed by atoms with van der Waals surface area (Å²) in [4.78, 5) is 25.7. The fourth-order valence-corrected chi connectivity index (χ4v) is 3.00. The van der Waals surface area contributed by atoms with Crippen molar-refractivity contribution in [2.45, 2.75) is 19.9 Å². The quantitative estimate of drug-likeness (QED) is 0.630. The van der Waals surface area contributed by atoms with E-state index in [0.29, 0.717) is 5.82 Å². The third-order valence-corrected chi connectivity index (χ3v) is 4.50. The van der Waals surface area contributed by atoms with Gasteiger partial charge in [-0.15, -0.1) is 11.3 Å². The molecule has 3 rings (SSSR count). The Bertz CT molecular complexity index is 837. The highest BCUT2D eigenvalue weighted by molar-refractivity contribution is 7.13. The van der Waals surface area contributed by atoms with Crippen LogP contribution in [-0.4, -0.2) is 28.1 Å². The lowest BCUT2D eigenvalue weighted by Gasteiger charge is -2.20. The van der Waals surface area contributed by atoms with Gasteiger partial charge in [-0.3, -0.25) is 14.7 Å². The van der Waals surface area contributed by atoms with Gasteiger partial charge in [0.2, 0.25) is 5.91 Å². The maximum absolute atomic E-state index is 12.5. The van der Waals surface area contributed by atoms with Crippen LogP contribution in [0.3, 0.4) is 0 Å². The van der Waals surface area contributed by atoms with E-state index in [1.54, 1.807) is 29.5 Å². The molecule has 0 saturated carbocycles. The van der Waals surface area contributed by atoms with E-state index in [1.807, 2.05) is 31.4 Å². The van der Waals surface area contributed by atoms with E-state index in [2.05, 4.69) is 20.8 Å². The van der Waals surface area contributed by atoms with Crippen molar-refractivity contribution in [1.29, 1.82) is 0 Å². The first kappa shape index (κ1) is 17.0. The summed E-state index contributed by atoms with van der Waals surface area (Å²) in [7, 11) is 0. The zero-order chi connectivity index (χ0) is 17.8. The Morgan fingerprint density at radius 1 is 1.28 bits per heavy atom. The molecule has 0 spiro atoms. The molecule has 25 heavy (non-hydrogen) atoms. The maximum Gasteiger partial charge on any atom is 0.287 e. The van der Waals surface area contributed by atoms with Gasteiger partial charge in [0.1, 0.15) is 6.04 Å². The van der Waals surface area contributed by atoms with Crippen LogP contribution in [0.5, 0.6) is 0 Å². The highest BCUT2D eigenvalue weighted by Gasteiger charge is 2.26. The van der Waals surface area contributed by atoms with E-state index >= 15 is 0 Å². The van der Waals surface area contributed by atoms with Gasteiger partial charge in [0.15, 0.2) is 11.6 Å². The van der Waals surface area contributed by atoms with Gasteiger partial charge in [-0.2, -0.15) is 5.10 Å². The molecule has 0 fully saturated rings. The average molecular weight is 358 g/mol. The Balaban J connectivity index is 1.68. The van der Waals surface area contributed by atoms with Gasteiger partial charge >= 0.3 is 0 Å². The fraction of sp³-hybridized carbons (Fsp3) is 0.235. The second-order valence-electron chi connectivity index (χ2n) is 5.81. The van der Waals surface area contributed by atoms with E-state index in [4.69, 9.17) is 4.42 Å². The van der Waals surface area contributed by atoms with E-state index in [-0.39, 0.29) is 17.6 Å². The lowest BCUT2D eigenvalue weighted by molar-refractivity contribution is -0.118. The summed E-state index contributed by atoms with van der Waals surface area (Å²) in [6.45, 7) is 3.71. The van der Waals surface area contributed by atoms with Gasteiger partial charge in [-0.05, 0) is 29.5 Å². The number of hydrogen-bond donors (Lipinski definition) is 3. The zero-order valence-electron chi connectivity index (χ0n) is 13.8. The van der Waals surface area contributed by atoms with Gasteiger partial charge in [-0.25, -0.2) is 0 Å². The van der Waals surface area contributed by atoms with Gasteiger partial charge in [0.05, 0.1) is 16.8 Å². The van der Waals surface area contributed by atoms with E-state index in [1.165, 1.54) is 6.26 Å². The third-order valence-electron chi connectivity index (χ3n) is 3.60. The SMILES string of the molecule is CC(C)C(NC(=O)c1ccco1)C(=O)Nc1cc(-c2cccs2)[nH]n1. The first-order chi connectivity index (χ1) is 12.0. The van der Waals surface area contributed by atoms with E-state index in [9.17, 15) is 9.59 Å². The predicted molar refractivity (Wildman–Crippen MR) is 95.3 cm³/mol. The van der Waals surface area contributed by atoms with Crippen LogP contribution < -0.4 is 10.6 Å². The van der Waals surface area contributed by atoms with Gasteiger partial charge in [0.25, 0.3) is 5.91 Å². The molecule has 1 atom stereocenters. The van der Waals surface area contributed by atoms with Crippen molar-refractivity contribution in [3.63, 3.8) is 0 Å². The summed E-state index contributed by atoms with van der Waals surface area (Å²) in [5.41, 5.74) is 0.825. The smallest absolute Gasteiger partial charge is 0.287 e. The Labute approximate surface area is 148 Å². The number of aromatic nitrogens is 2. The number of amides is 2. The van der Waals surface area contributed by atoms with Crippen molar-refractivity contribution in [3.05, 3.63) is 47.7 Å². The molecule has 2 amide bonds. The summed E-state index contributed by atoms with van der Waals surface area (Å²) in [5, 5.41) is 14.4. The lowest BCUT2D eigenvalue weighted by Crippen LogP contribution is -2.47. The van der Waals surface area contributed by atoms with Crippen LogP contribution in [0.2, 0.25) is 0 Å². The van der Waals surface area contributed by atoms with Gasteiger partial charge < -0.3 is 15.1 Å². The van der Waals surface area contributed by atoms with Crippen molar-refractivity contribution < 1.29 is 14.0 Å². The van der Waals surface area contributed by atoms with Crippen molar-refractivity contribution in [2.75, 3.05) is 5.32 Å². The van der Waals surface area contributed by atoms with E-state index < -0.39 is 11.9 Å². The molecular weight excluding hydrogens is 340 g/mol. The molecule has 7 nitrogen and oxygen atoms in total. The highest BCUT2D eigenvalue weighted by Crippen LogP contribution is 2.24. The van der Waals surface area contributed by atoms with Crippen LogP contribution in [0.25, 0.3) is 10.6 Å². The molecule has 1 unspecified atom stereocenters. The Hall–Kier alpha value is -2.87. The molecule has 8 heteroatoms. The van der Waals surface area contributed by atoms with Gasteiger partial charge in [-0.1, -0.05) is 19.9 Å². The maximum atomic E-state index is 12.5. The number of carbonyl (C=O) groups is 2. The van der Waals surface area contributed by atoms with Crippen molar-refractivity contribution in [1.82, 2.24) is 15.5 Å². The molecule has 3 aromatic heterocycles. The summed E-state index contributed by atoms with van der Waals surface area (Å²) < 4.78 is 5.06. The van der Waals surface area contributed by atoms with Crippen LogP contribution in [0, 0.1) is 5.92 Å². The molecule has 0 aliphatic carbocycles. The number of furan rings is 1. The fourth-order valence-electron chi connectivity index (χ4n) is 2.30. The monoisotopic (exact) mass is 358 g/mol. The van der Waals surface area contributed by atoms with Gasteiger partial charge in [0, 0.05) is 6.07 Å². The number of nitrogens with one attached hydrogen (secondary N) is 3. The molecule has 3 N–H and O–H groups in total. The van der Waals surface area contributed by atoms with Crippen LogP contribution in [0.15, 0.2) is 46.4 Å². The second kappa shape index (κ2) is 7.35. The summed E-state index contributed by atoms with van der Waals surface area (Å²) in [6.07, 6.45) is 1.41. The second-order valence-corrected chi connectivity index (χ2v) is 6.75. The molecule has 0 saturated heterocycles. The molecule has 0 aliphatic rings. The molecule has 3 aromatic rings. The molecular formula is C17H18N4O3S. The number of thiophene rings is 1. The zero-order valence-corrected chi connectivity index (χ0v) is 14.6. The molecule has 0 bridgehead atoms. The number of H-pyrrole nitrogens is 1. The van der Waals surface area contributed by atoms with Crippen LogP contribution in [0.1, 0.15) is 24.4 Å². The number of nitrogens with zero attached hydrogens (tertiary/aromatic N) is 1. The normalized spacial score (nSPS) is 12.1. The number of anilines is 1. The van der Waals surface area contributed by atoms with E-state index in [0.717, 1.165) is 10.6 Å². The Morgan fingerprint density at radius 2 is 2.12 bits per heavy atom. The number of carbonyl (C=O) groups excluding carboxylic acids is 2. The summed E-state index contributed by atoms with van der Waals surface area (Å²) >= 11 is 1.57. The minimum atomic E-state index is -0.709. The first-order valence-corrected chi connectivity index (χ1v) is 8.67. The van der Waals surface area contributed by atoms with Crippen molar-refractivity contribution >= 4 is 29.0 Å². The average Bonchev–Trinajstić information content (AvgIpc) is 3.32. The highest BCUT2D eigenvalue weighted by atomic mass is 32.1. The summed E-state index contributed by atoms with van der Waals surface area (Å²) in [5.74, 6) is -0.293. The standard InChI is InChI=1S/C17H18N4O3S/c1-10(2)15(19-16(22)12-5-3-7-24-12)17(23)18-14-9-11(20-21-14)13-6-4-8-25-13/h3-10,15H,1-2H3,(H,19,22)(H2,18,20,21,23). The molecule has 130 valence electrons. The topological polar surface area (TPSA) is 100 Å². The Morgan fingerprint density at radius 3 is 2.76 bits per heavy atom. The van der Waals surface area contributed by atoms with Crippen LogP contribution in [0.4, 0.5) is 5.82 Å². The minimum absolute atomic E-state index is 0.102. The molecule has 0 aliphatic heterocycles. The Kier molecular flexibility index (Phi) is 4.99. The van der Waals surface area contributed by atoms with Crippen molar-refractivity contribution in [2.24, 2.45) is 5.92 Å². The number of hydrogen-bond acceptors (Lipinski definition) is 5. The van der Waals surface area contributed by atoms with Crippen molar-refractivity contribution in [3.8, 4) is 10.6 Å².